The molecule has 94 valence electrons. The number of ether oxygens (including phenoxy) is 1. The highest BCUT2D eigenvalue weighted by Gasteiger charge is 2.26. The Kier molecular flexibility index (Phi) is 3.92. The highest BCUT2D eigenvalue weighted by Crippen LogP contribution is 2.32. The topological polar surface area (TPSA) is 41.5 Å². The van der Waals surface area contributed by atoms with E-state index in [4.69, 9.17) is 16.3 Å². The molecular weight excluding hydrogens is 238 g/mol. The summed E-state index contributed by atoms with van der Waals surface area (Å²) in [5.41, 5.74) is 2.13. The van der Waals surface area contributed by atoms with E-state index in [1.165, 1.54) is 12.8 Å². The van der Waals surface area contributed by atoms with Gasteiger partial charge in [-0.3, -0.25) is 0 Å². The normalized spacial score (nSPS) is 16.9. The predicted molar refractivity (Wildman–Crippen MR) is 68.7 cm³/mol. The Bertz CT molecular complexity index is 405. The van der Waals surface area contributed by atoms with Crippen molar-refractivity contribution in [2.45, 2.75) is 31.8 Å². The largest absolute Gasteiger partial charge is 0.495 e. The Morgan fingerprint density at radius 3 is 2.76 bits per heavy atom. The van der Waals surface area contributed by atoms with Gasteiger partial charge in [0, 0.05) is 6.04 Å². The summed E-state index contributed by atoms with van der Waals surface area (Å²) in [6.07, 6.45) is 2.39. The maximum Gasteiger partial charge on any atom is 0.137 e. The molecule has 1 aliphatic rings. The van der Waals surface area contributed by atoms with E-state index in [9.17, 15) is 5.11 Å². The van der Waals surface area contributed by atoms with E-state index in [0.29, 0.717) is 16.8 Å². The second-order valence-electron chi connectivity index (χ2n) is 4.52. The molecule has 0 aromatic heterocycles. The van der Waals surface area contributed by atoms with Crippen LogP contribution in [0.5, 0.6) is 5.75 Å². The molecule has 2 N–H and O–H groups in total. The van der Waals surface area contributed by atoms with E-state index in [0.717, 1.165) is 11.1 Å². The lowest BCUT2D eigenvalue weighted by molar-refractivity contribution is 0.243. The highest BCUT2D eigenvalue weighted by molar-refractivity contribution is 6.32. The van der Waals surface area contributed by atoms with Gasteiger partial charge in [-0.2, -0.15) is 0 Å². The van der Waals surface area contributed by atoms with E-state index in [1.54, 1.807) is 7.11 Å². The third kappa shape index (κ3) is 2.92. The first kappa shape index (κ1) is 12.7. The molecule has 0 saturated heterocycles. The summed E-state index contributed by atoms with van der Waals surface area (Å²) >= 11 is 6.12. The van der Waals surface area contributed by atoms with Gasteiger partial charge < -0.3 is 15.2 Å². The first-order chi connectivity index (χ1) is 8.15. The molecule has 1 unspecified atom stereocenters. The van der Waals surface area contributed by atoms with Gasteiger partial charge in [-0.25, -0.2) is 0 Å². The third-order valence-corrected chi connectivity index (χ3v) is 3.41. The van der Waals surface area contributed by atoms with Crippen LogP contribution in [0.25, 0.3) is 0 Å². The molecule has 2 rings (SSSR count). The quantitative estimate of drug-likeness (QED) is 0.849. The van der Waals surface area contributed by atoms with Gasteiger partial charge in [-0.1, -0.05) is 11.6 Å². The summed E-state index contributed by atoms with van der Waals surface area (Å²) in [4.78, 5) is 0. The van der Waals surface area contributed by atoms with Crippen molar-refractivity contribution >= 4 is 11.6 Å². The van der Waals surface area contributed by atoms with Gasteiger partial charge in [0.1, 0.15) is 5.75 Å². The number of aliphatic hydroxyl groups is 1. The molecule has 0 spiro atoms. The van der Waals surface area contributed by atoms with Crippen molar-refractivity contribution in [3.05, 3.63) is 28.3 Å². The molecule has 0 heterocycles. The van der Waals surface area contributed by atoms with Crippen LogP contribution in [0.2, 0.25) is 5.02 Å². The van der Waals surface area contributed by atoms with Crippen molar-refractivity contribution in [3.8, 4) is 5.75 Å². The van der Waals surface area contributed by atoms with Gasteiger partial charge >= 0.3 is 0 Å². The lowest BCUT2D eigenvalue weighted by Gasteiger charge is -2.20. The summed E-state index contributed by atoms with van der Waals surface area (Å²) in [6, 6.07) is 4.30. The zero-order valence-corrected chi connectivity index (χ0v) is 10.9. The van der Waals surface area contributed by atoms with Gasteiger partial charge in [-0.15, -0.1) is 0 Å². The van der Waals surface area contributed by atoms with Crippen LogP contribution in [-0.2, 0) is 0 Å². The highest BCUT2D eigenvalue weighted by atomic mass is 35.5. The fraction of sp³-hybridized carbons (Fsp3) is 0.538. The molecule has 1 aromatic rings. The minimum Gasteiger partial charge on any atom is -0.495 e. The standard InChI is InChI=1S/C13H18ClNO2/c1-8-5-13(17-2)11(14)6-10(8)12(7-16)15-9-3-4-9/h5-6,9,12,15-16H,3-4,7H2,1-2H3. The third-order valence-electron chi connectivity index (χ3n) is 3.11. The molecule has 0 amide bonds. The maximum absolute atomic E-state index is 9.46. The number of halogens is 1. The lowest BCUT2D eigenvalue weighted by atomic mass is 10.0. The summed E-state index contributed by atoms with van der Waals surface area (Å²) < 4.78 is 5.17. The maximum atomic E-state index is 9.46. The first-order valence-corrected chi connectivity index (χ1v) is 6.24. The van der Waals surface area contributed by atoms with E-state index >= 15 is 0 Å². The van der Waals surface area contributed by atoms with Gasteiger partial charge in [0.05, 0.1) is 24.8 Å². The number of nitrogens with one attached hydrogen (secondary N) is 1. The number of methoxy groups -OCH3 is 1. The second kappa shape index (κ2) is 5.25. The molecule has 0 radical (unpaired) electrons. The number of aryl methyl sites for hydroxylation is 1. The molecule has 0 aliphatic heterocycles. The average Bonchev–Trinajstić information content (AvgIpc) is 3.12. The molecule has 3 nitrogen and oxygen atoms in total. The number of rotatable bonds is 5. The Morgan fingerprint density at radius 1 is 1.53 bits per heavy atom. The zero-order valence-electron chi connectivity index (χ0n) is 10.2. The minimum atomic E-state index is -0.0362. The number of benzene rings is 1. The SMILES string of the molecule is COc1cc(C)c(C(CO)NC2CC2)cc1Cl. The minimum absolute atomic E-state index is 0.0362. The Morgan fingerprint density at radius 2 is 2.24 bits per heavy atom. The summed E-state index contributed by atoms with van der Waals surface area (Å²) in [6.45, 7) is 2.09. The van der Waals surface area contributed by atoms with Crippen LogP contribution in [0.4, 0.5) is 0 Å². The fourth-order valence-electron chi connectivity index (χ4n) is 1.98. The van der Waals surface area contributed by atoms with E-state index < -0.39 is 0 Å². The molecule has 1 fully saturated rings. The Labute approximate surface area is 107 Å². The summed E-state index contributed by atoms with van der Waals surface area (Å²) in [7, 11) is 1.60. The van der Waals surface area contributed by atoms with Crippen molar-refractivity contribution in [2.75, 3.05) is 13.7 Å². The van der Waals surface area contributed by atoms with Crippen LogP contribution in [0.15, 0.2) is 12.1 Å². The van der Waals surface area contributed by atoms with Crippen LogP contribution in [0.1, 0.15) is 30.0 Å². The van der Waals surface area contributed by atoms with Crippen LogP contribution >= 0.6 is 11.6 Å². The molecular formula is C13H18ClNO2. The number of hydrogen-bond acceptors (Lipinski definition) is 3. The molecule has 0 bridgehead atoms. The van der Waals surface area contributed by atoms with Gasteiger partial charge in [0.25, 0.3) is 0 Å². The van der Waals surface area contributed by atoms with Crippen molar-refractivity contribution in [3.63, 3.8) is 0 Å². The molecule has 17 heavy (non-hydrogen) atoms. The van der Waals surface area contributed by atoms with Crippen molar-refractivity contribution < 1.29 is 9.84 Å². The molecule has 1 saturated carbocycles. The van der Waals surface area contributed by atoms with Crippen LogP contribution in [0.3, 0.4) is 0 Å². The molecule has 1 aliphatic carbocycles. The summed E-state index contributed by atoms with van der Waals surface area (Å²) in [5.74, 6) is 0.677. The summed E-state index contributed by atoms with van der Waals surface area (Å²) in [5, 5.41) is 13.5. The molecule has 1 aromatic carbocycles. The smallest absolute Gasteiger partial charge is 0.137 e. The molecule has 4 heteroatoms. The fourth-order valence-corrected chi connectivity index (χ4v) is 2.23. The van der Waals surface area contributed by atoms with E-state index in [1.807, 2.05) is 19.1 Å². The van der Waals surface area contributed by atoms with Crippen molar-refractivity contribution in [1.82, 2.24) is 5.32 Å². The lowest BCUT2D eigenvalue weighted by Crippen LogP contribution is -2.27. The first-order valence-electron chi connectivity index (χ1n) is 5.86. The average molecular weight is 256 g/mol. The number of hydrogen-bond donors (Lipinski definition) is 2. The number of aliphatic hydroxyl groups excluding tert-OH is 1. The van der Waals surface area contributed by atoms with Crippen molar-refractivity contribution in [1.29, 1.82) is 0 Å². The van der Waals surface area contributed by atoms with Gasteiger partial charge in [-0.05, 0) is 43.0 Å². The predicted octanol–water partition coefficient (Wildman–Crippen LogP) is 2.44. The Balaban J connectivity index is 2.25. The monoisotopic (exact) mass is 255 g/mol. The van der Waals surface area contributed by atoms with E-state index in [-0.39, 0.29) is 12.6 Å². The zero-order chi connectivity index (χ0) is 12.4. The van der Waals surface area contributed by atoms with Crippen LogP contribution in [0, 0.1) is 6.92 Å². The van der Waals surface area contributed by atoms with Gasteiger partial charge in [0.2, 0.25) is 0 Å². The van der Waals surface area contributed by atoms with Crippen LogP contribution in [-0.4, -0.2) is 24.9 Å². The van der Waals surface area contributed by atoms with E-state index in [2.05, 4.69) is 5.32 Å². The van der Waals surface area contributed by atoms with Crippen molar-refractivity contribution in [2.24, 2.45) is 0 Å². The molecule has 1 atom stereocenters. The Hall–Kier alpha value is -0.770. The second-order valence-corrected chi connectivity index (χ2v) is 4.93. The van der Waals surface area contributed by atoms with Gasteiger partial charge in [0.15, 0.2) is 0 Å². The van der Waals surface area contributed by atoms with Crippen LogP contribution < -0.4 is 10.1 Å².